The molecule has 0 aromatic rings. The lowest BCUT2D eigenvalue weighted by Crippen LogP contribution is -2.33. The summed E-state index contributed by atoms with van der Waals surface area (Å²) in [5, 5.41) is 0. The van der Waals surface area contributed by atoms with Gasteiger partial charge >= 0.3 is 11.9 Å². The number of unbranched alkanes of at least 4 members (excludes halogenated alkanes) is 22. The van der Waals surface area contributed by atoms with Crippen LogP contribution in [0.15, 0.2) is 0 Å². The fraction of sp³-hybridized carbons (Fsp3) is 0.964. The number of carbonyl (C=O) groups is 2. The van der Waals surface area contributed by atoms with Crippen LogP contribution in [0, 0.1) is 11.8 Å². The van der Waals surface area contributed by atoms with Gasteiger partial charge < -0.3 is 23.8 Å². The van der Waals surface area contributed by atoms with Crippen molar-refractivity contribution in [2.75, 3.05) is 33.4 Å². The van der Waals surface area contributed by atoms with Crippen molar-refractivity contribution >= 4 is 11.9 Å². The molecule has 1 rings (SSSR count). The summed E-state index contributed by atoms with van der Waals surface area (Å²) in [5.41, 5.74) is 0. The van der Waals surface area contributed by atoms with Crippen molar-refractivity contribution in [2.24, 2.45) is 11.8 Å². The molecular weight excluding hydrogens is 771 g/mol. The van der Waals surface area contributed by atoms with Crippen molar-refractivity contribution in [3.8, 4) is 0 Å². The smallest absolute Gasteiger partial charge is 0.306 e. The van der Waals surface area contributed by atoms with Gasteiger partial charge in [-0.3, -0.25) is 9.59 Å². The first-order valence-electron chi connectivity index (χ1n) is 27.5. The number of nitrogens with zero attached hydrogens (tertiary/aromatic N) is 1. The summed E-state index contributed by atoms with van der Waals surface area (Å²) >= 11 is 0. The van der Waals surface area contributed by atoms with E-state index >= 15 is 0 Å². The Labute approximate surface area is 386 Å². The Kier molecular flexibility index (Phi) is 39.2. The van der Waals surface area contributed by atoms with Gasteiger partial charge in [-0.2, -0.15) is 0 Å². The average molecular weight is 878 g/mol. The van der Waals surface area contributed by atoms with Crippen molar-refractivity contribution in [3.05, 3.63) is 0 Å². The topological polar surface area (TPSA) is 74.3 Å². The molecule has 0 amide bonds. The molecule has 0 bridgehead atoms. The van der Waals surface area contributed by atoms with Crippen LogP contribution in [0.1, 0.15) is 279 Å². The van der Waals surface area contributed by atoms with E-state index in [-0.39, 0.29) is 18.0 Å². The second-order valence-corrected chi connectivity index (χ2v) is 20.0. The lowest BCUT2D eigenvalue weighted by Gasteiger charge is -2.29. The van der Waals surface area contributed by atoms with E-state index in [1.165, 1.54) is 180 Å². The summed E-state index contributed by atoms with van der Waals surface area (Å²) in [7, 11) is 2.21. The van der Waals surface area contributed by atoms with Gasteiger partial charge in [0.15, 0.2) is 5.79 Å². The Hall–Kier alpha value is -1.18. The van der Waals surface area contributed by atoms with Crippen LogP contribution in [0.3, 0.4) is 0 Å². The Morgan fingerprint density at radius 1 is 0.532 bits per heavy atom. The summed E-state index contributed by atoms with van der Waals surface area (Å²) in [4.78, 5) is 27.5. The fourth-order valence-corrected chi connectivity index (χ4v) is 9.26. The van der Waals surface area contributed by atoms with Crippen LogP contribution in [0.4, 0.5) is 0 Å². The fourth-order valence-electron chi connectivity index (χ4n) is 9.26. The van der Waals surface area contributed by atoms with Gasteiger partial charge in [0.25, 0.3) is 0 Å². The first kappa shape index (κ1) is 58.8. The SMILES string of the molecule is CCCCCC(CCCCC)CC(=O)OCCCCCCCCCCC1(CCCCCCCCCCOC(=O)CC(CCCCC)CCCCC)OCC(CCN(C)C(C)C)O1. The molecule has 0 radical (unpaired) electrons. The second kappa shape index (κ2) is 41.3. The Morgan fingerprint density at radius 3 is 1.24 bits per heavy atom. The van der Waals surface area contributed by atoms with Crippen LogP contribution in [0.5, 0.6) is 0 Å². The number of hydrogen-bond acceptors (Lipinski definition) is 7. The van der Waals surface area contributed by atoms with Gasteiger partial charge in [-0.05, 0) is 90.5 Å². The molecule has 62 heavy (non-hydrogen) atoms. The van der Waals surface area contributed by atoms with Crippen molar-refractivity contribution in [3.63, 3.8) is 0 Å². The molecule has 0 spiro atoms. The lowest BCUT2D eigenvalue weighted by atomic mass is 9.92. The molecule has 368 valence electrons. The third-order valence-corrected chi connectivity index (χ3v) is 13.8. The number of esters is 2. The zero-order valence-corrected chi connectivity index (χ0v) is 42.7. The zero-order valence-electron chi connectivity index (χ0n) is 42.7. The highest BCUT2D eigenvalue weighted by Gasteiger charge is 2.40. The highest BCUT2D eigenvalue weighted by atomic mass is 16.7. The van der Waals surface area contributed by atoms with Gasteiger partial charge in [0, 0.05) is 38.3 Å². The van der Waals surface area contributed by atoms with Crippen LogP contribution in [-0.2, 0) is 28.5 Å². The van der Waals surface area contributed by atoms with E-state index in [9.17, 15) is 9.59 Å². The average Bonchev–Trinajstić information content (AvgIpc) is 3.66. The van der Waals surface area contributed by atoms with Crippen LogP contribution in [0.2, 0.25) is 0 Å². The van der Waals surface area contributed by atoms with Crippen molar-refractivity contribution < 1.29 is 28.5 Å². The molecule has 1 saturated heterocycles. The highest BCUT2D eigenvalue weighted by molar-refractivity contribution is 5.70. The van der Waals surface area contributed by atoms with Crippen LogP contribution >= 0.6 is 0 Å². The van der Waals surface area contributed by atoms with E-state index in [0.717, 1.165) is 58.1 Å². The van der Waals surface area contributed by atoms with E-state index < -0.39 is 5.79 Å². The van der Waals surface area contributed by atoms with Gasteiger partial charge in [-0.25, -0.2) is 0 Å². The molecule has 7 nitrogen and oxygen atoms in total. The monoisotopic (exact) mass is 878 g/mol. The third kappa shape index (κ3) is 33.3. The van der Waals surface area contributed by atoms with Crippen molar-refractivity contribution in [1.82, 2.24) is 4.90 Å². The zero-order chi connectivity index (χ0) is 45.4. The second-order valence-electron chi connectivity index (χ2n) is 20.0. The van der Waals surface area contributed by atoms with Gasteiger partial charge in [0.2, 0.25) is 0 Å². The van der Waals surface area contributed by atoms with E-state index in [1.807, 2.05) is 0 Å². The maximum absolute atomic E-state index is 12.5. The van der Waals surface area contributed by atoms with Crippen LogP contribution in [-0.4, -0.2) is 68.2 Å². The first-order valence-corrected chi connectivity index (χ1v) is 27.5. The maximum Gasteiger partial charge on any atom is 0.306 e. The van der Waals surface area contributed by atoms with Crippen LogP contribution < -0.4 is 0 Å². The van der Waals surface area contributed by atoms with E-state index in [2.05, 4.69) is 53.5 Å². The molecule has 0 aromatic carbocycles. The molecule has 1 aliphatic rings. The Balaban J connectivity index is 2.28. The lowest BCUT2D eigenvalue weighted by molar-refractivity contribution is -0.180. The van der Waals surface area contributed by atoms with Crippen molar-refractivity contribution in [1.29, 1.82) is 0 Å². The minimum absolute atomic E-state index is 0.0263. The van der Waals surface area contributed by atoms with Gasteiger partial charge in [-0.15, -0.1) is 0 Å². The molecule has 0 aromatic heterocycles. The molecule has 1 heterocycles. The number of rotatable bonds is 46. The molecule has 1 atom stereocenters. The summed E-state index contributed by atoms with van der Waals surface area (Å²) < 4.78 is 24.7. The molecule has 1 unspecified atom stereocenters. The molecule has 7 heteroatoms. The molecule has 0 N–H and O–H groups in total. The number of carbonyl (C=O) groups excluding carboxylic acids is 2. The predicted molar refractivity (Wildman–Crippen MR) is 264 cm³/mol. The Morgan fingerprint density at radius 2 is 0.887 bits per heavy atom. The third-order valence-electron chi connectivity index (χ3n) is 13.8. The number of ether oxygens (including phenoxy) is 4. The molecule has 0 saturated carbocycles. The molecule has 0 aliphatic carbocycles. The molecule has 1 aliphatic heterocycles. The standard InChI is InChI=1S/C55H107NO6/c1-8-12-28-36-50(37-29-13-9-2)46-53(57)59-44-34-26-22-18-16-20-24-32-41-55(61-48-52(62-55)40-43-56(7)49(5)6)42-33-25-21-17-19-23-27-35-45-60-54(58)47-51(38-30-14-10-3)39-31-15-11-4/h49-52H,8-48H2,1-7H3. The van der Waals surface area contributed by atoms with E-state index in [0.29, 0.717) is 43.9 Å². The van der Waals surface area contributed by atoms with E-state index in [4.69, 9.17) is 18.9 Å². The highest BCUT2D eigenvalue weighted by Crippen LogP contribution is 2.36. The number of hydrogen-bond donors (Lipinski definition) is 0. The van der Waals surface area contributed by atoms with Gasteiger partial charge in [-0.1, -0.05) is 182 Å². The molecular formula is C55H107NO6. The summed E-state index contributed by atoms with van der Waals surface area (Å²) in [6, 6.07) is 0.544. The predicted octanol–water partition coefficient (Wildman–Crippen LogP) is 16.3. The summed E-state index contributed by atoms with van der Waals surface area (Å²) in [5.74, 6) is 0.668. The minimum atomic E-state index is -0.397. The van der Waals surface area contributed by atoms with Crippen molar-refractivity contribution in [2.45, 2.75) is 297 Å². The van der Waals surface area contributed by atoms with E-state index in [1.54, 1.807) is 0 Å². The maximum atomic E-state index is 12.5. The van der Waals surface area contributed by atoms with Gasteiger partial charge in [0.1, 0.15) is 0 Å². The summed E-state index contributed by atoms with van der Waals surface area (Å²) in [6.45, 7) is 16.5. The molecule has 1 fully saturated rings. The minimum Gasteiger partial charge on any atom is -0.466 e. The summed E-state index contributed by atoms with van der Waals surface area (Å²) in [6.07, 6.45) is 43.3. The first-order chi connectivity index (χ1) is 30.2. The Bertz CT molecular complexity index is 924. The normalized spacial score (nSPS) is 15.2. The van der Waals surface area contributed by atoms with Gasteiger partial charge in [0.05, 0.1) is 25.9 Å². The van der Waals surface area contributed by atoms with Crippen LogP contribution in [0.25, 0.3) is 0 Å². The largest absolute Gasteiger partial charge is 0.466 e. The quantitative estimate of drug-likeness (QED) is 0.0445.